The molecule has 0 fully saturated rings. The molecule has 0 aliphatic rings. The van der Waals surface area contributed by atoms with Gasteiger partial charge in [0.05, 0.1) is 18.1 Å². The van der Waals surface area contributed by atoms with Crippen molar-refractivity contribution in [2.75, 3.05) is 0 Å². The molecule has 0 amide bonds. The van der Waals surface area contributed by atoms with Crippen LogP contribution in [0.1, 0.15) is 138 Å². The number of aryl methyl sites for hydroxylation is 2. The predicted molar refractivity (Wildman–Crippen MR) is 171 cm³/mol. The van der Waals surface area contributed by atoms with Crippen molar-refractivity contribution >= 4 is 5.97 Å². The first-order chi connectivity index (χ1) is 20.6. The van der Waals surface area contributed by atoms with E-state index in [0.29, 0.717) is 5.69 Å². The molecule has 0 saturated carbocycles. The smallest absolute Gasteiger partial charge is 0.364 e. The largest absolute Gasteiger partial charge is 0.419 e. The van der Waals surface area contributed by atoms with Gasteiger partial charge in [0.1, 0.15) is 0 Å². The Morgan fingerprint density at radius 3 is 1.69 bits per heavy atom. The van der Waals surface area contributed by atoms with Gasteiger partial charge in [0, 0.05) is 5.56 Å². The molecular weight excluding hydrogens is 523 g/mol. The third-order valence-electron chi connectivity index (χ3n) is 7.95. The van der Waals surface area contributed by atoms with E-state index in [2.05, 4.69) is 48.1 Å². The molecule has 0 spiro atoms. The Bertz CT molecular complexity index is 1160. The minimum atomic E-state index is -0.718. The minimum Gasteiger partial charge on any atom is -0.419 e. The lowest BCUT2D eigenvalue weighted by Crippen LogP contribution is -2.12. The van der Waals surface area contributed by atoms with Crippen LogP contribution in [0.2, 0.25) is 0 Å². The third kappa shape index (κ3) is 12.4. The van der Waals surface area contributed by atoms with E-state index in [1.165, 1.54) is 114 Å². The topological polar surface area (TPSA) is 52.1 Å². The molecule has 0 unspecified atom stereocenters. The van der Waals surface area contributed by atoms with Gasteiger partial charge in [0.2, 0.25) is 0 Å². The molecule has 0 saturated heterocycles. The monoisotopic (exact) mass is 574 g/mol. The molecule has 0 aliphatic carbocycles. The SMILES string of the molecule is CCCCCCCCCCCc1ccc(-c2cnc(C(=O)Oc3ccc(CCCCCCCCC)cc3F)cn2)cc1. The van der Waals surface area contributed by atoms with E-state index >= 15 is 0 Å². The van der Waals surface area contributed by atoms with Crippen molar-refractivity contribution in [3.8, 4) is 17.0 Å². The van der Waals surface area contributed by atoms with E-state index in [1.54, 1.807) is 6.20 Å². The summed E-state index contributed by atoms with van der Waals surface area (Å²) < 4.78 is 19.9. The molecule has 0 atom stereocenters. The number of esters is 1. The summed E-state index contributed by atoms with van der Waals surface area (Å²) in [7, 11) is 0. The Morgan fingerprint density at radius 2 is 1.17 bits per heavy atom. The highest BCUT2D eigenvalue weighted by molar-refractivity contribution is 5.88. The van der Waals surface area contributed by atoms with Crippen LogP contribution in [0.4, 0.5) is 4.39 Å². The second-order valence-electron chi connectivity index (χ2n) is 11.6. The Balaban J connectivity index is 1.39. The minimum absolute atomic E-state index is 0.0484. The average Bonchev–Trinajstić information content (AvgIpc) is 3.01. The van der Waals surface area contributed by atoms with E-state index < -0.39 is 11.8 Å². The summed E-state index contributed by atoms with van der Waals surface area (Å²) in [5.41, 5.74) is 3.92. The highest BCUT2D eigenvalue weighted by Crippen LogP contribution is 2.22. The molecule has 1 aromatic heterocycles. The summed E-state index contributed by atoms with van der Waals surface area (Å²) in [6.07, 6.45) is 25.4. The van der Waals surface area contributed by atoms with Gasteiger partial charge < -0.3 is 4.74 Å². The fraction of sp³-hybridized carbons (Fsp3) is 0.541. The van der Waals surface area contributed by atoms with Crippen LogP contribution < -0.4 is 4.74 Å². The maximum atomic E-state index is 14.6. The molecule has 3 rings (SSSR count). The molecule has 0 N–H and O–H groups in total. The molecule has 0 aliphatic heterocycles. The molecule has 3 aromatic rings. The number of benzene rings is 2. The summed E-state index contributed by atoms with van der Waals surface area (Å²) in [5, 5.41) is 0. The fourth-order valence-electron chi connectivity index (χ4n) is 5.29. The van der Waals surface area contributed by atoms with Gasteiger partial charge in [-0.1, -0.05) is 134 Å². The average molecular weight is 575 g/mol. The quantitative estimate of drug-likeness (QED) is 0.0721. The van der Waals surface area contributed by atoms with Gasteiger partial charge in [0.25, 0.3) is 0 Å². The molecule has 1 heterocycles. The Morgan fingerprint density at radius 1 is 0.643 bits per heavy atom. The van der Waals surface area contributed by atoms with Crippen LogP contribution in [0.3, 0.4) is 0 Å². The Hall–Kier alpha value is -3.08. The van der Waals surface area contributed by atoms with Crippen molar-refractivity contribution in [2.24, 2.45) is 0 Å². The zero-order valence-corrected chi connectivity index (χ0v) is 26.0. The van der Waals surface area contributed by atoms with Crippen molar-refractivity contribution < 1.29 is 13.9 Å². The molecule has 228 valence electrons. The number of ether oxygens (including phenoxy) is 1. The normalized spacial score (nSPS) is 11.1. The second-order valence-corrected chi connectivity index (χ2v) is 11.6. The summed E-state index contributed by atoms with van der Waals surface area (Å²) in [6, 6.07) is 13.2. The van der Waals surface area contributed by atoms with Crippen LogP contribution >= 0.6 is 0 Å². The second kappa shape index (κ2) is 19.9. The zero-order chi connectivity index (χ0) is 29.8. The first kappa shape index (κ1) is 33.4. The number of carbonyl (C=O) groups is 1. The van der Waals surface area contributed by atoms with Crippen LogP contribution in [0.15, 0.2) is 54.9 Å². The Kier molecular flexibility index (Phi) is 15.9. The molecule has 4 nitrogen and oxygen atoms in total. The van der Waals surface area contributed by atoms with Crippen LogP contribution in [0, 0.1) is 5.82 Å². The van der Waals surface area contributed by atoms with E-state index in [0.717, 1.165) is 36.8 Å². The van der Waals surface area contributed by atoms with Gasteiger partial charge in [-0.05, 0) is 48.9 Å². The molecule has 2 aromatic carbocycles. The van der Waals surface area contributed by atoms with Crippen molar-refractivity contribution in [1.82, 2.24) is 9.97 Å². The summed E-state index contributed by atoms with van der Waals surface area (Å²) >= 11 is 0. The van der Waals surface area contributed by atoms with Crippen molar-refractivity contribution in [2.45, 2.75) is 129 Å². The fourth-order valence-corrected chi connectivity index (χ4v) is 5.29. The van der Waals surface area contributed by atoms with Crippen LogP contribution in [-0.2, 0) is 12.8 Å². The zero-order valence-electron chi connectivity index (χ0n) is 26.0. The highest BCUT2D eigenvalue weighted by Gasteiger charge is 2.15. The number of nitrogens with zero attached hydrogens (tertiary/aromatic N) is 2. The van der Waals surface area contributed by atoms with Crippen LogP contribution in [-0.4, -0.2) is 15.9 Å². The molecule has 0 radical (unpaired) electrons. The predicted octanol–water partition coefficient (Wildman–Crippen LogP) is 10.9. The van der Waals surface area contributed by atoms with Crippen LogP contribution in [0.25, 0.3) is 11.3 Å². The summed E-state index contributed by atoms with van der Waals surface area (Å²) in [5.74, 6) is -1.34. The van der Waals surface area contributed by atoms with Gasteiger partial charge in [-0.15, -0.1) is 0 Å². The standard InChI is InChI=1S/C37H51FN2O2/c1-3-5-7-9-11-12-14-15-17-19-30-21-24-32(25-22-30)34-28-40-35(29-39-34)37(41)42-36-26-23-31(27-33(36)38)20-18-16-13-10-8-6-4-2/h21-29H,3-20H2,1-2H3. The van der Waals surface area contributed by atoms with Crippen molar-refractivity contribution in [3.05, 3.63) is 77.5 Å². The molecule has 42 heavy (non-hydrogen) atoms. The number of rotatable bonds is 21. The lowest BCUT2D eigenvalue weighted by molar-refractivity contribution is 0.0721. The van der Waals surface area contributed by atoms with Gasteiger partial charge in [-0.3, -0.25) is 4.98 Å². The number of hydrogen-bond donors (Lipinski definition) is 0. The Labute approximate surface area is 253 Å². The number of halogens is 1. The third-order valence-corrected chi connectivity index (χ3v) is 7.95. The van der Waals surface area contributed by atoms with Gasteiger partial charge >= 0.3 is 5.97 Å². The van der Waals surface area contributed by atoms with Crippen LogP contribution in [0.5, 0.6) is 5.75 Å². The number of unbranched alkanes of at least 4 members (excludes halogenated alkanes) is 14. The van der Waals surface area contributed by atoms with Crippen molar-refractivity contribution in [1.29, 1.82) is 0 Å². The van der Waals surface area contributed by atoms with Crippen molar-refractivity contribution in [3.63, 3.8) is 0 Å². The van der Waals surface area contributed by atoms with E-state index in [-0.39, 0.29) is 11.4 Å². The van der Waals surface area contributed by atoms with Gasteiger partial charge in [-0.2, -0.15) is 0 Å². The molecule has 5 heteroatoms. The summed E-state index contributed by atoms with van der Waals surface area (Å²) in [6.45, 7) is 4.48. The first-order valence-corrected chi connectivity index (χ1v) is 16.5. The number of carbonyl (C=O) groups excluding carboxylic acids is 1. The lowest BCUT2D eigenvalue weighted by atomic mass is 10.0. The maximum Gasteiger partial charge on any atom is 0.364 e. The first-order valence-electron chi connectivity index (χ1n) is 16.5. The van der Waals surface area contributed by atoms with E-state index in [9.17, 15) is 9.18 Å². The highest BCUT2D eigenvalue weighted by atomic mass is 19.1. The number of aromatic nitrogens is 2. The number of hydrogen-bond acceptors (Lipinski definition) is 4. The summed E-state index contributed by atoms with van der Waals surface area (Å²) in [4.78, 5) is 21.2. The lowest BCUT2D eigenvalue weighted by Gasteiger charge is -2.08. The van der Waals surface area contributed by atoms with Gasteiger partial charge in [-0.25, -0.2) is 14.2 Å². The van der Waals surface area contributed by atoms with Gasteiger partial charge in [0.15, 0.2) is 17.3 Å². The molecular formula is C37H51FN2O2. The van der Waals surface area contributed by atoms with E-state index in [1.807, 2.05) is 6.07 Å². The van der Waals surface area contributed by atoms with E-state index in [4.69, 9.17) is 4.74 Å². The molecule has 0 bridgehead atoms. The maximum absolute atomic E-state index is 14.6.